The van der Waals surface area contributed by atoms with Crippen molar-refractivity contribution in [2.24, 2.45) is 0 Å². The summed E-state index contributed by atoms with van der Waals surface area (Å²) in [5.41, 5.74) is 9.15. The van der Waals surface area contributed by atoms with Crippen LogP contribution >= 0.6 is 0 Å². The van der Waals surface area contributed by atoms with Crippen molar-refractivity contribution in [1.82, 2.24) is 0 Å². The van der Waals surface area contributed by atoms with Gasteiger partial charge in [-0.15, -0.1) is 0 Å². The van der Waals surface area contributed by atoms with Crippen LogP contribution in [0.2, 0.25) is 0 Å². The van der Waals surface area contributed by atoms with Crippen LogP contribution in [0.5, 0.6) is 23.0 Å². The molecular formula is C36H34O4. The molecule has 0 bridgehead atoms. The van der Waals surface area contributed by atoms with Gasteiger partial charge in [-0.1, -0.05) is 83.9 Å². The van der Waals surface area contributed by atoms with E-state index in [9.17, 15) is 20.4 Å². The molecule has 4 heteroatoms. The van der Waals surface area contributed by atoms with Crippen molar-refractivity contribution in [2.45, 2.75) is 39.5 Å². The van der Waals surface area contributed by atoms with E-state index in [1.807, 2.05) is 76.2 Å². The van der Waals surface area contributed by atoms with E-state index in [2.05, 4.69) is 24.3 Å². The summed E-state index contributed by atoms with van der Waals surface area (Å²) < 4.78 is 0. The molecule has 0 aliphatic heterocycles. The van der Waals surface area contributed by atoms with Gasteiger partial charge in [-0.2, -0.15) is 0 Å². The molecule has 0 saturated carbocycles. The number of hydrogen-bond acceptors (Lipinski definition) is 4. The Morgan fingerprint density at radius 1 is 0.400 bits per heavy atom. The second kappa shape index (κ2) is 10.8. The summed E-state index contributed by atoms with van der Waals surface area (Å²) in [7, 11) is 0. The van der Waals surface area contributed by atoms with Crippen LogP contribution < -0.4 is 0 Å². The Labute approximate surface area is 235 Å². The summed E-state index contributed by atoms with van der Waals surface area (Å²) in [6.07, 6.45) is 0. The maximum Gasteiger partial charge on any atom is 0.122 e. The number of aromatic hydroxyl groups is 4. The number of phenolic OH excluding ortho intramolecular Hbond substituents is 4. The minimum atomic E-state index is -0.382. The van der Waals surface area contributed by atoms with E-state index < -0.39 is 0 Å². The largest absolute Gasteiger partial charge is 0.508 e. The first kappa shape index (κ1) is 26.9. The lowest BCUT2D eigenvalue weighted by Crippen LogP contribution is -2.08. The molecule has 0 radical (unpaired) electrons. The molecule has 0 heterocycles. The van der Waals surface area contributed by atoms with Crippen LogP contribution in [0, 0.1) is 27.7 Å². The summed E-state index contributed by atoms with van der Waals surface area (Å²) in [4.78, 5) is 0. The van der Waals surface area contributed by atoms with Gasteiger partial charge in [-0.25, -0.2) is 0 Å². The molecule has 0 aromatic heterocycles. The molecule has 0 atom stereocenters. The van der Waals surface area contributed by atoms with Crippen molar-refractivity contribution in [3.63, 3.8) is 0 Å². The molecule has 0 fully saturated rings. The topological polar surface area (TPSA) is 80.9 Å². The Kier molecular flexibility index (Phi) is 7.27. The van der Waals surface area contributed by atoms with Crippen molar-refractivity contribution >= 4 is 0 Å². The molecule has 0 amide bonds. The highest BCUT2D eigenvalue weighted by Gasteiger charge is 2.26. The lowest BCUT2D eigenvalue weighted by Gasteiger charge is -2.25. The normalized spacial score (nSPS) is 11.3. The Hall–Kier alpha value is -4.70. The molecule has 5 rings (SSSR count). The SMILES string of the molecule is Cc1cc(C)c(O)c(C(c2ccc(C(c3ccc(O)cc3)c3ccc(O)cc3)cc2)c2cc(C)cc(C)c2O)c1. The highest BCUT2D eigenvalue weighted by atomic mass is 16.3. The van der Waals surface area contributed by atoms with E-state index in [-0.39, 0.29) is 34.8 Å². The molecule has 202 valence electrons. The Balaban J connectivity index is 1.67. The van der Waals surface area contributed by atoms with Crippen LogP contribution in [0.15, 0.2) is 97.1 Å². The third-order valence-electron chi connectivity index (χ3n) is 7.63. The number of hydrogen-bond donors (Lipinski definition) is 4. The second-order valence-electron chi connectivity index (χ2n) is 10.8. The van der Waals surface area contributed by atoms with Crippen LogP contribution in [0.1, 0.15) is 67.5 Å². The predicted molar refractivity (Wildman–Crippen MR) is 160 cm³/mol. The summed E-state index contributed by atoms with van der Waals surface area (Å²) in [6.45, 7) is 7.81. The monoisotopic (exact) mass is 530 g/mol. The fraction of sp³-hybridized carbons (Fsp3) is 0.167. The number of aryl methyl sites for hydroxylation is 4. The lowest BCUT2D eigenvalue weighted by molar-refractivity contribution is 0.454. The van der Waals surface area contributed by atoms with E-state index in [1.54, 1.807) is 24.3 Å². The van der Waals surface area contributed by atoms with E-state index in [0.717, 1.165) is 55.6 Å². The van der Waals surface area contributed by atoms with Crippen LogP contribution in [0.3, 0.4) is 0 Å². The van der Waals surface area contributed by atoms with Gasteiger partial charge >= 0.3 is 0 Å². The van der Waals surface area contributed by atoms with Crippen LogP contribution in [-0.4, -0.2) is 20.4 Å². The molecule has 0 saturated heterocycles. The molecule has 0 spiro atoms. The summed E-state index contributed by atoms with van der Waals surface area (Å²) in [5, 5.41) is 42.2. The van der Waals surface area contributed by atoms with Crippen molar-refractivity contribution in [1.29, 1.82) is 0 Å². The predicted octanol–water partition coefficient (Wildman–Crippen LogP) is 8.10. The van der Waals surface area contributed by atoms with Crippen molar-refractivity contribution in [3.8, 4) is 23.0 Å². The van der Waals surface area contributed by atoms with Crippen molar-refractivity contribution < 1.29 is 20.4 Å². The number of benzene rings is 5. The molecular weight excluding hydrogens is 496 g/mol. The van der Waals surface area contributed by atoms with Gasteiger partial charge in [0.15, 0.2) is 0 Å². The van der Waals surface area contributed by atoms with Gasteiger partial charge in [0.05, 0.1) is 0 Å². The van der Waals surface area contributed by atoms with Gasteiger partial charge in [0, 0.05) is 23.0 Å². The fourth-order valence-corrected chi connectivity index (χ4v) is 5.74. The smallest absolute Gasteiger partial charge is 0.122 e. The molecule has 0 aliphatic rings. The highest BCUT2D eigenvalue weighted by Crippen LogP contribution is 2.44. The Bertz CT molecular complexity index is 1550. The average Bonchev–Trinajstić information content (AvgIpc) is 2.92. The number of phenols is 4. The van der Waals surface area contributed by atoms with Crippen LogP contribution in [-0.2, 0) is 0 Å². The molecule has 5 aromatic rings. The summed E-state index contributed by atoms with van der Waals surface area (Å²) in [5.74, 6) is 0.347. The first-order valence-corrected chi connectivity index (χ1v) is 13.4. The van der Waals surface area contributed by atoms with E-state index >= 15 is 0 Å². The van der Waals surface area contributed by atoms with E-state index in [0.29, 0.717) is 0 Å². The van der Waals surface area contributed by atoms with Gasteiger partial charge < -0.3 is 20.4 Å². The third kappa shape index (κ3) is 5.26. The molecule has 4 nitrogen and oxygen atoms in total. The average molecular weight is 531 g/mol. The maximum absolute atomic E-state index is 11.2. The zero-order valence-electron chi connectivity index (χ0n) is 23.2. The molecule has 40 heavy (non-hydrogen) atoms. The zero-order chi connectivity index (χ0) is 28.6. The van der Waals surface area contributed by atoms with Gasteiger partial charge in [-0.3, -0.25) is 0 Å². The van der Waals surface area contributed by atoms with Gasteiger partial charge in [-0.05, 0) is 85.3 Å². The summed E-state index contributed by atoms with van der Waals surface area (Å²) >= 11 is 0. The van der Waals surface area contributed by atoms with Crippen molar-refractivity contribution in [2.75, 3.05) is 0 Å². The van der Waals surface area contributed by atoms with Gasteiger partial charge in [0.2, 0.25) is 0 Å². The highest BCUT2D eigenvalue weighted by molar-refractivity contribution is 5.58. The molecule has 0 unspecified atom stereocenters. The van der Waals surface area contributed by atoms with E-state index in [1.165, 1.54) is 0 Å². The van der Waals surface area contributed by atoms with Gasteiger partial charge in [0.1, 0.15) is 23.0 Å². The molecule has 5 aromatic carbocycles. The third-order valence-corrected chi connectivity index (χ3v) is 7.63. The second-order valence-corrected chi connectivity index (χ2v) is 10.8. The first-order valence-electron chi connectivity index (χ1n) is 13.4. The minimum Gasteiger partial charge on any atom is -0.508 e. The quantitative estimate of drug-likeness (QED) is 0.167. The lowest BCUT2D eigenvalue weighted by atomic mass is 9.80. The summed E-state index contributed by atoms with van der Waals surface area (Å²) in [6, 6.07) is 30.5. The van der Waals surface area contributed by atoms with Crippen LogP contribution in [0.4, 0.5) is 0 Å². The standard InChI is InChI=1S/C36H34O4/c1-21-17-23(3)35(39)31(19-21)34(32-20-22(2)18-24(4)36(32)40)28-7-5-25(6-8-28)33(26-9-13-29(37)14-10-26)27-11-15-30(38)16-12-27/h5-20,33-34,37-40H,1-4H3. The van der Waals surface area contributed by atoms with Crippen molar-refractivity contribution in [3.05, 3.63) is 153 Å². The number of rotatable bonds is 6. The molecule has 4 N–H and O–H groups in total. The molecule has 0 aliphatic carbocycles. The van der Waals surface area contributed by atoms with E-state index in [4.69, 9.17) is 0 Å². The van der Waals surface area contributed by atoms with Crippen LogP contribution in [0.25, 0.3) is 0 Å². The zero-order valence-corrected chi connectivity index (χ0v) is 23.2. The fourth-order valence-electron chi connectivity index (χ4n) is 5.74. The Morgan fingerprint density at radius 3 is 1.05 bits per heavy atom. The minimum absolute atomic E-state index is 0.127. The Morgan fingerprint density at radius 2 is 0.700 bits per heavy atom. The first-order chi connectivity index (χ1) is 19.1. The van der Waals surface area contributed by atoms with Gasteiger partial charge in [0.25, 0.3) is 0 Å². The maximum atomic E-state index is 11.2.